The van der Waals surface area contributed by atoms with Gasteiger partial charge in [-0.05, 0) is 32.2 Å². The van der Waals surface area contributed by atoms with Gasteiger partial charge >= 0.3 is 0 Å². The van der Waals surface area contributed by atoms with Gasteiger partial charge in [-0.1, -0.05) is 0 Å². The fourth-order valence-electron chi connectivity index (χ4n) is 2.35. The van der Waals surface area contributed by atoms with Gasteiger partial charge in [-0.2, -0.15) is 0 Å². The normalized spacial score (nSPS) is 25.0. The highest BCUT2D eigenvalue weighted by atomic mass is 16.1. The first-order valence-corrected chi connectivity index (χ1v) is 6.11. The molecule has 0 spiro atoms. The third-order valence-electron chi connectivity index (χ3n) is 3.58. The van der Waals surface area contributed by atoms with E-state index in [4.69, 9.17) is 5.73 Å². The second-order valence-electron chi connectivity index (χ2n) is 4.85. The predicted molar refractivity (Wildman–Crippen MR) is 68.1 cm³/mol. The molecule has 1 aromatic rings. The highest BCUT2D eigenvalue weighted by molar-refractivity contribution is 5.37. The molecule has 2 rings (SSSR count). The van der Waals surface area contributed by atoms with Gasteiger partial charge in [0.2, 0.25) is 0 Å². The molecule has 94 valence electrons. The standard InChI is InChI=1S/C12H20N4O/c1-9-3-4-10(7-13)8-16(9)11-12(17)15(2)6-5-14-11/h5-6,9-10H,3-4,7-8,13H2,1-2H3. The zero-order chi connectivity index (χ0) is 12.4. The molecule has 1 aromatic heterocycles. The number of aryl methyl sites for hydroxylation is 1. The van der Waals surface area contributed by atoms with E-state index in [1.807, 2.05) is 0 Å². The molecule has 0 saturated carbocycles. The Morgan fingerprint density at radius 1 is 1.53 bits per heavy atom. The summed E-state index contributed by atoms with van der Waals surface area (Å²) in [6.45, 7) is 3.65. The Balaban J connectivity index is 2.31. The second-order valence-corrected chi connectivity index (χ2v) is 4.85. The number of hydrogen-bond acceptors (Lipinski definition) is 4. The van der Waals surface area contributed by atoms with Gasteiger partial charge in [0.1, 0.15) is 0 Å². The van der Waals surface area contributed by atoms with Gasteiger partial charge in [0.15, 0.2) is 5.82 Å². The van der Waals surface area contributed by atoms with Crippen molar-refractivity contribution in [1.82, 2.24) is 9.55 Å². The molecule has 2 N–H and O–H groups in total. The number of rotatable bonds is 2. The van der Waals surface area contributed by atoms with Crippen LogP contribution >= 0.6 is 0 Å². The fourth-order valence-corrected chi connectivity index (χ4v) is 2.35. The summed E-state index contributed by atoms with van der Waals surface area (Å²) < 4.78 is 1.57. The fraction of sp³-hybridized carbons (Fsp3) is 0.667. The summed E-state index contributed by atoms with van der Waals surface area (Å²) in [5.41, 5.74) is 5.70. The van der Waals surface area contributed by atoms with Crippen LogP contribution in [0, 0.1) is 5.92 Å². The quantitative estimate of drug-likeness (QED) is 0.804. The number of hydrogen-bond donors (Lipinski definition) is 1. The molecule has 0 aromatic carbocycles. The molecule has 5 heteroatoms. The number of nitrogens with zero attached hydrogens (tertiary/aromatic N) is 3. The Bertz CT molecular complexity index is 442. The minimum atomic E-state index is -0.0305. The number of nitrogens with two attached hydrogens (primary N) is 1. The Morgan fingerprint density at radius 3 is 3.00 bits per heavy atom. The third-order valence-corrected chi connectivity index (χ3v) is 3.58. The second kappa shape index (κ2) is 4.87. The molecular weight excluding hydrogens is 216 g/mol. The third kappa shape index (κ3) is 2.34. The van der Waals surface area contributed by atoms with Crippen LogP contribution in [0.1, 0.15) is 19.8 Å². The lowest BCUT2D eigenvalue weighted by Gasteiger charge is -2.38. The van der Waals surface area contributed by atoms with Gasteiger partial charge in [0, 0.05) is 32.0 Å². The molecule has 0 amide bonds. The van der Waals surface area contributed by atoms with Crippen molar-refractivity contribution >= 4 is 5.82 Å². The minimum absolute atomic E-state index is 0.0305. The zero-order valence-corrected chi connectivity index (χ0v) is 10.5. The summed E-state index contributed by atoms with van der Waals surface area (Å²) in [5, 5.41) is 0. The van der Waals surface area contributed by atoms with Gasteiger partial charge in [-0.15, -0.1) is 0 Å². The van der Waals surface area contributed by atoms with Gasteiger partial charge in [0.05, 0.1) is 0 Å². The zero-order valence-electron chi connectivity index (χ0n) is 10.5. The average molecular weight is 236 g/mol. The molecule has 1 aliphatic heterocycles. The molecule has 1 fully saturated rings. The van der Waals surface area contributed by atoms with Crippen molar-refractivity contribution in [1.29, 1.82) is 0 Å². The molecule has 0 aliphatic carbocycles. The van der Waals surface area contributed by atoms with Gasteiger partial charge < -0.3 is 15.2 Å². The lowest BCUT2D eigenvalue weighted by molar-refractivity contribution is 0.370. The minimum Gasteiger partial charge on any atom is -0.349 e. The predicted octanol–water partition coefficient (Wildman–Crippen LogP) is 0.344. The number of piperidine rings is 1. The lowest BCUT2D eigenvalue weighted by atomic mass is 9.93. The molecule has 1 aliphatic rings. The first-order chi connectivity index (χ1) is 8.13. The summed E-state index contributed by atoms with van der Waals surface area (Å²) in [7, 11) is 1.75. The van der Waals surface area contributed by atoms with E-state index in [9.17, 15) is 4.79 Å². The van der Waals surface area contributed by atoms with Gasteiger partial charge in [-0.25, -0.2) is 4.98 Å². The highest BCUT2D eigenvalue weighted by Crippen LogP contribution is 2.23. The van der Waals surface area contributed by atoms with Crippen molar-refractivity contribution in [2.45, 2.75) is 25.8 Å². The maximum Gasteiger partial charge on any atom is 0.293 e. The van der Waals surface area contributed by atoms with Crippen LogP contribution in [0.4, 0.5) is 5.82 Å². The highest BCUT2D eigenvalue weighted by Gasteiger charge is 2.27. The van der Waals surface area contributed by atoms with E-state index < -0.39 is 0 Å². The maximum atomic E-state index is 12.0. The van der Waals surface area contributed by atoms with Crippen LogP contribution in [-0.2, 0) is 7.05 Å². The monoisotopic (exact) mass is 236 g/mol. The van der Waals surface area contributed by atoms with E-state index in [-0.39, 0.29) is 5.56 Å². The Labute approximate surface area is 101 Å². The molecule has 2 unspecified atom stereocenters. The largest absolute Gasteiger partial charge is 0.349 e. The molecule has 17 heavy (non-hydrogen) atoms. The van der Waals surface area contributed by atoms with Crippen molar-refractivity contribution in [3.05, 3.63) is 22.7 Å². The van der Waals surface area contributed by atoms with Crippen LogP contribution in [0.2, 0.25) is 0 Å². The van der Waals surface area contributed by atoms with E-state index in [0.29, 0.717) is 24.3 Å². The van der Waals surface area contributed by atoms with Crippen LogP contribution < -0.4 is 16.2 Å². The summed E-state index contributed by atoms with van der Waals surface area (Å²) in [6, 6.07) is 0.361. The molecule has 2 heterocycles. The summed E-state index contributed by atoms with van der Waals surface area (Å²) in [4.78, 5) is 18.4. The maximum absolute atomic E-state index is 12.0. The molecule has 1 saturated heterocycles. The van der Waals surface area contributed by atoms with Crippen molar-refractivity contribution in [3.63, 3.8) is 0 Å². The summed E-state index contributed by atoms with van der Waals surface area (Å²) in [6.07, 6.45) is 5.57. The van der Waals surface area contributed by atoms with Crippen LogP contribution in [-0.4, -0.2) is 28.7 Å². The molecular formula is C12H20N4O. The Morgan fingerprint density at radius 2 is 2.29 bits per heavy atom. The number of aromatic nitrogens is 2. The van der Waals surface area contributed by atoms with E-state index in [0.717, 1.165) is 19.4 Å². The molecule has 0 bridgehead atoms. The Hall–Kier alpha value is -1.36. The van der Waals surface area contributed by atoms with Crippen molar-refractivity contribution < 1.29 is 0 Å². The smallest absolute Gasteiger partial charge is 0.293 e. The van der Waals surface area contributed by atoms with Crippen molar-refractivity contribution in [2.75, 3.05) is 18.0 Å². The summed E-state index contributed by atoms with van der Waals surface area (Å²) >= 11 is 0. The topological polar surface area (TPSA) is 64.2 Å². The van der Waals surface area contributed by atoms with E-state index in [1.54, 1.807) is 24.0 Å². The SMILES string of the molecule is CC1CCC(CN)CN1c1nccn(C)c1=O. The van der Waals surface area contributed by atoms with Gasteiger partial charge in [-0.3, -0.25) is 4.79 Å². The lowest BCUT2D eigenvalue weighted by Crippen LogP contribution is -2.47. The first-order valence-electron chi connectivity index (χ1n) is 6.11. The summed E-state index contributed by atoms with van der Waals surface area (Å²) in [5.74, 6) is 1.03. The average Bonchev–Trinajstić information content (AvgIpc) is 2.34. The van der Waals surface area contributed by atoms with Crippen molar-refractivity contribution in [2.24, 2.45) is 18.7 Å². The first kappa shape index (κ1) is 12.1. The van der Waals surface area contributed by atoms with Crippen LogP contribution in [0.15, 0.2) is 17.2 Å². The van der Waals surface area contributed by atoms with Gasteiger partial charge in [0.25, 0.3) is 5.56 Å². The molecule has 2 atom stereocenters. The van der Waals surface area contributed by atoms with E-state index in [1.165, 1.54) is 0 Å². The van der Waals surface area contributed by atoms with Crippen LogP contribution in [0.25, 0.3) is 0 Å². The van der Waals surface area contributed by atoms with E-state index >= 15 is 0 Å². The van der Waals surface area contributed by atoms with Crippen LogP contribution in [0.5, 0.6) is 0 Å². The van der Waals surface area contributed by atoms with Crippen molar-refractivity contribution in [3.8, 4) is 0 Å². The Kier molecular flexibility index (Phi) is 3.47. The molecule has 0 radical (unpaired) electrons. The van der Waals surface area contributed by atoms with Crippen LogP contribution in [0.3, 0.4) is 0 Å². The van der Waals surface area contributed by atoms with E-state index in [2.05, 4.69) is 16.8 Å². The molecule has 5 nitrogen and oxygen atoms in total. The number of anilines is 1.